The lowest BCUT2D eigenvalue weighted by molar-refractivity contribution is 0.0705. The van der Waals surface area contributed by atoms with Gasteiger partial charge in [-0.25, -0.2) is 9.97 Å². The van der Waals surface area contributed by atoms with Gasteiger partial charge < -0.3 is 14.4 Å². The molecule has 2 heterocycles. The van der Waals surface area contributed by atoms with Crippen LogP contribution >= 0.6 is 0 Å². The molecule has 0 radical (unpaired) electrons. The van der Waals surface area contributed by atoms with Crippen LogP contribution in [0.2, 0.25) is 0 Å². The van der Waals surface area contributed by atoms with Gasteiger partial charge in [-0.3, -0.25) is 4.79 Å². The van der Waals surface area contributed by atoms with Crippen molar-refractivity contribution in [3.63, 3.8) is 0 Å². The second kappa shape index (κ2) is 6.66. The van der Waals surface area contributed by atoms with Gasteiger partial charge in [0.2, 0.25) is 5.90 Å². The standard InChI is InChI=1S/C17H18N4O3/c1-11-16(24-3)20-15-14(18-8-9-19-15)17(22)21(11)10-12-4-6-13(23-2)7-5-12/h4-9,11H,10H2,1-3H3/t11-/m0/s1. The van der Waals surface area contributed by atoms with Crippen LogP contribution in [0.15, 0.2) is 41.7 Å². The van der Waals surface area contributed by atoms with Crippen molar-refractivity contribution in [1.82, 2.24) is 14.9 Å². The molecule has 0 spiro atoms. The molecule has 0 unspecified atom stereocenters. The first-order valence-electron chi connectivity index (χ1n) is 7.51. The van der Waals surface area contributed by atoms with Crippen molar-refractivity contribution >= 4 is 17.6 Å². The van der Waals surface area contributed by atoms with Crippen molar-refractivity contribution in [2.75, 3.05) is 14.2 Å². The molecular formula is C17H18N4O3. The number of hydrogen-bond acceptors (Lipinski definition) is 6. The number of aliphatic imine (C=N–C) groups is 1. The number of benzene rings is 1. The van der Waals surface area contributed by atoms with Crippen molar-refractivity contribution < 1.29 is 14.3 Å². The first kappa shape index (κ1) is 15.9. The molecule has 2 aromatic rings. The molecule has 7 nitrogen and oxygen atoms in total. The second-order valence-corrected chi connectivity index (χ2v) is 5.34. The van der Waals surface area contributed by atoms with E-state index in [1.54, 1.807) is 12.0 Å². The van der Waals surface area contributed by atoms with Gasteiger partial charge in [-0.2, -0.15) is 4.99 Å². The number of ether oxygens (including phenoxy) is 2. The molecule has 1 aliphatic rings. The lowest BCUT2D eigenvalue weighted by Gasteiger charge is -2.27. The summed E-state index contributed by atoms with van der Waals surface area (Å²) in [6.07, 6.45) is 2.99. The average molecular weight is 326 g/mol. The number of carbonyl (C=O) groups is 1. The number of carbonyl (C=O) groups excluding carboxylic acids is 1. The molecule has 1 aromatic heterocycles. The van der Waals surface area contributed by atoms with E-state index < -0.39 is 0 Å². The molecular weight excluding hydrogens is 308 g/mol. The van der Waals surface area contributed by atoms with Gasteiger partial charge in [0.1, 0.15) is 11.8 Å². The molecule has 1 atom stereocenters. The number of fused-ring (bicyclic) bond motifs is 1. The van der Waals surface area contributed by atoms with Crippen molar-refractivity contribution in [2.45, 2.75) is 19.5 Å². The number of nitrogens with zero attached hydrogens (tertiary/aromatic N) is 4. The molecule has 1 amide bonds. The minimum atomic E-state index is -0.333. The number of methoxy groups -OCH3 is 2. The van der Waals surface area contributed by atoms with Crippen molar-refractivity contribution in [1.29, 1.82) is 0 Å². The minimum Gasteiger partial charge on any atom is -0.497 e. The van der Waals surface area contributed by atoms with Crippen molar-refractivity contribution in [3.05, 3.63) is 47.9 Å². The summed E-state index contributed by atoms with van der Waals surface area (Å²) in [6, 6.07) is 7.24. The van der Waals surface area contributed by atoms with Gasteiger partial charge in [0.05, 0.1) is 14.2 Å². The number of hydrogen-bond donors (Lipinski definition) is 0. The zero-order valence-electron chi connectivity index (χ0n) is 13.8. The highest BCUT2D eigenvalue weighted by molar-refractivity contribution is 6.02. The molecule has 0 bridgehead atoms. The number of rotatable bonds is 3. The molecule has 1 aromatic carbocycles. The van der Waals surface area contributed by atoms with E-state index >= 15 is 0 Å². The summed E-state index contributed by atoms with van der Waals surface area (Å²) in [5.74, 6) is 1.25. The lowest BCUT2D eigenvalue weighted by atomic mass is 10.1. The molecule has 124 valence electrons. The first-order chi connectivity index (χ1) is 11.6. The van der Waals surface area contributed by atoms with E-state index in [1.807, 2.05) is 31.2 Å². The van der Waals surface area contributed by atoms with Crippen LogP contribution in [0.5, 0.6) is 5.75 Å². The number of amides is 1. The van der Waals surface area contributed by atoms with Crippen LogP contribution in [0, 0.1) is 0 Å². The predicted octanol–water partition coefficient (Wildman–Crippen LogP) is 2.21. The second-order valence-electron chi connectivity index (χ2n) is 5.34. The largest absolute Gasteiger partial charge is 0.497 e. The Morgan fingerprint density at radius 2 is 1.79 bits per heavy atom. The van der Waals surface area contributed by atoms with Crippen molar-refractivity contribution in [3.8, 4) is 5.75 Å². The quantitative estimate of drug-likeness (QED) is 0.864. The molecule has 3 rings (SSSR count). The Labute approximate surface area is 140 Å². The van der Waals surface area contributed by atoms with E-state index in [-0.39, 0.29) is 23.5 Å². The maximum atomic E-state index is 12.9. The van der Waals surface area contributed by atoms with E-state index in [0.29, 0.717) is 12.4 Å². The summed E-state index contributed by atoms with van der Waals surface area (Å²) in [4.78, 5) is 27.2. The molecule has 0 saturated carbocycles. The van der Waals surface area contributed by atoms with Crippen LogP contribution in [-0.4, -0.2) is 46.9 Å². The zero-order chi connectivity index (χ0) is 17.1. The van der Waals surface area contributed by atoms with E-state index in [9.17, 15) is 4.79 Å². The Morgan fingerprint density at radius 3 is 2.46 bits per heavy atom. The lowest BCUT2D eigenvalue weighted by Crippen LogP contribution is -2.42. The molecule has 24 heavy (non-hydrogen) atoms. The Hall–Kier alpha value is -2.96. The minimum absolute atomic E-state index is 0.225. The fraction of sp³-hybridized carbons (Fsp3) is 0.294. The maximum Gasteiger partial charge on any atom is 0.277 e. The highest BCUT2D eigenvalue weighted by atomic mass is 16.5. The summed E-state index contributed by atoms with van der Waals surface area (Å²) < 4.78 is 10.5. The summed E-state index contributed by atoms with van der Waals surface area (Å²) in [7, 11) is 3.15. The van der Waals surface area contributed by atoms with Gasteiger partial charge in [0, 0.05) is 18.9 Å². The fourth-order valence-electron chi connectivity index (χ4n) is 2.56. The van der Waals surface area contributed by atoms with Gasteiger partial charge in [0.15, 0.2) is 11.5 Å². The Balaban J connectivity index is 1.96. The zero-order valence-corrected chi connectivity index (χ0v) is 13.8. The summed E-state index contributed by atoms with van der Waals surface area (Å²) in [5.41, 5.74) is 1.20. The van der Waals surface area contributed by atoms with Gasteiger partial charge in [-0.05, 0) is 24.6 Å². The Bertz CT molecular complexity index is 774. The van der Waals surface area contributed by atoms with Gasteiger partial charge >= 0.3 is 0 Å². The van der Waals surface area contributed by atoms with Crippen LogP contribution in [0.25, 0.3) is 0 Å². The van der Waals surface area contributed by atoms with Crippen molar-refractivity contribution in [2.24, 2.45) is 4.99 Å². The van der Waals surface area contributed by atoms with E-state index in [1.165, 1.54) is 19.5 Å². The van der Waals surface area contributed by atoms with Crippen LogP contribution in [0.4, 0.5) is 5.82 Å². The van der Waals surface area contributed by atoms with Crippen LogP contribution in [-0.2, 0) is 11.3 Å². The van der Waals surface area contributed by atoms with Crippen LogP contribution in [0.1, 0.15) is 23.0 Å². The molecule has 1 aliphatic heterocycles. The Morgan fingerprint density at radius 1 is 1.08 bits per heavy atom. The monoisotopic (exact) mass is 326 g/mol. The van der Waals surface area contributed by atoms with Gasteiger partial charge in [-0.1, -0.05) is 12.1 Å². The highest BCUT2D eigenvalue weighted by Crippen LogP contribution is 2.24. The van der Waals surface area contributed by atoms with E-state index in [2.05, 4.69) is 15.0 Å². The Kier molecular flexibility index (Phi) is 4.41. The topological polar surface area (TPSA) is 76.9 Å². The van der Waals surface area contributed by atoms with Gasteiger partial charge in [-0.15, -0.1) is 0 Å². The third-order valence-electron chi connectivity index (χ3n) is 3.90. The summed E-state index contributed by atoms with van der Waals surface area (Å²) in [6.45, 7) is 2.28. The third kappa shape index (κ3) is 2.92. The SMILES string of the molecule is COC1=Nc2nccnc2C(=O)N(Cc2ccc(OC)cc2)[C@H]1C. The highest BCUT2D eigenvalue weighted by Gasteiger charge is 2.32. The van der Waals surface area contributed by atoms with E-state index in [0.717, 1.165) is 11.3 Å². The van der Waals surface area contributed by atoms with Crippen LogP contribution in [0.3, 0.4) is 0 Å². The summed E-state index contributed by atoms with van der Waals surface area (Å²) >= 11 is 0. The first-order valence-corrected chi connectivity index (χ1v) is 7.51. The summed E-state index contributed by atoms with van der Waals surface area (Å²) in [5, 5.41) is 0. The molecule has 0 N–H and O–H groups in total. The molecule has 0 aliphatic carbocycles. The molecule has 0 saturated heterocycles. The smallest absolute Gasteiger partial charge is 0.277 e. The third-order valence-corrected chi connectivity index (χ3v) is 3.90. The molecule has 7 heteroatoms. The normalized spacial score (nSPS) is 17.0. The van der Waals surface area contributed by atoms with E-state index in [4.69, 9.17) is 9.47 Å². The molecule has 0 fully saturated rings. The number of aromatic nitrogens is 2. The average Bonchev–Trinajstić information content (AvgIpc) is 2.72. The maximum absolute atomic E-state index is 12.9. The predicted molar refractivity (Wildman–Crippen MR) is 88.5 cm³/mol. The van der Waals surface area contributed by atoms with Gasteiger partial charge in [0.25, 0.3) is 5.91 Å². The van der Waals surface area contributed by atoms with Crippen LogP contribution < -0.4 is 4.74 Å². The fourth-order valence-corrected chi connectivity index (χ4v) is 2.56.